The minimum atomic E-state index is -0.886. The average molecular weight is 536 g/mol. The van der Waals surface area contributed by atoms with Gasteiger partial charge in [0.2, 0.25) is 11.8 Å². The molecule has 0 saturated heterocycles. The van der Waals surface area contributed by atoms with Crippen LogP contribution in [0.3, 0.4) is 0 Å². The number of alkyl carbamates (subject to hydrolysis) is 1. The van der Waals surface area contributed by atoms with Gasteiger partial charge >= 0.3 is 6.09 Å². The van der Waals surface area contributed by atoms with Crippen molar-refractivity contribution in [1.82, 2.24) is 15.5 Å². The second kappa shape index (κ2) is 15.1. The van der Waals surface area contributed by atoms with Gasteiger partial charge < -0.3 is 20.3 Å². The Morgan fingerprint density at radius 2 is 1.74 bits per heavy atom. The van der Waals surface area contributed by atoms with Crippen molar-refractivity contribution in [3.05, 3.63) is 77.9 Å². The van der Waals surface area contributed by atoms with Crippen molar-refractivity contribution in [2.24, 2.45) is 5.92 Å². The maximum absolute atomic E-state index is 14.2. The molecule has 0 aliphatic rings. The fraction of sp³-hybridized carbons (Fsp3) is 0.469. The number of hydrogen-bond acceptors (Lipinski definition) is 4. The van der Waals surface area contributed by atoms with E-state index in [0.29, 0.717) is 31.5 Å². The third-order valence-corrected chi connectivity index (χ3v) is 6.06. The predicted octanol–water partition coefficient (Wildman–Crippen LogP) is 6.26. The molecule has 2 N–H and O–H groups in total. The van der Waals surface area contributed by atoms with E-state index in [4.69, 9.17) is 4.74 Å². The highest BCUT2D eigenvalue weighted by atomic mass is 16.6. The summed E-state index contributed by atoms with van der Waals surface area (Å²) >= 11 is 0. The van der Waals surface area contributed by atoms with E-state index in [1.54, 1.807) is 31.7 Å². The van der Waals surface area contributed by atoms with Gasteiger partial charge in [-0.1, -0.05) is 88.4 Å². The minimum Gasteiger partial charge on any atom is -0.444 e. The number of carbonyl (C=O) groups is 3. The topological polar surface area (TPSA) is 87.7 Å². The van der Waals surface area contributed by atoms with Crippen molar-refractivity contribution in [1.29, 1.82) is 0 Å². The quantitative estimate of drug-likeness (QED) is 0.317. The first kappa shape index (κ1) is 31.6. The van der Waals surface area contributed by atoms with Gasteiger partial charge in [0.05, 0.1) is 0 Å². The Bertz CT molecular complexity index is 1090. The fourth-order valence-electron chi connectivity index (χ4n) is 4.25. The van der Waals surface area contributed by atoms with Crippen LogP contribution in [0.15, 0.2) is 61.2 Å². The molecular formula is C32H45N3O4. The van der Waals surface area contributed by atoms with Gasteiger partial charge in [-0.05, 0) is 62.3 Å². The Kier molecular flexibility index (Phi) is 12.2. The Balaban J connectivity index is 2.49. The minimum absolute atomic E-state index is 0.122. The van der Waals surface area contributed by atoms with Gasteiger partial charge in [0.25, 0.3) is 0 Å². The molecule has 0 saturated carbocycles. The lowest BCUT2D eigenvalue weighted by molar-refractivity contribution is -0.143. The van der Waals surface area contributed by atoms with Gasteiger partial charge in [0.15, 0.2) is 0 Å². The summed E-state index contributed by atoms with van der Waals surface area (Å²) < 4.78 is 5.46. The molecule has 7 heteroatoms. The van der Waals surface area contributed by atoms with E-state index in [2.05, 4.69) is 17.2 Å². The van der Waals surface area contributed by atoms with Crippen molar-refractivity contribution < 1.29 is 19.1 Å². The lowest BCUT2D eigenvalue weighted by Gasteiger charge is -2.35. The van der Waals surface area contributed by atoms with Crippen LogP contribution >= 0.6 is 0 Å². The third kappa shape index (κ3) is 10.6. The monoisotopic (exact) mass is 535 g/mol. The summed E-state index contributed by atoms with van der Waals surface area (Å²) in [5.74, 6) is -0.478. The van der Waals surface area contributed by atoms with Crippen molar-refractivity contribution in [2.45, 2.75) is 85.0 Å². The molecule has 212 valence electrons. The van der Waals surface area contributed by atoms with E-state index < -0.39 is 23.8 Å². The molecule has 39 heavy (non-hydrogen) atoms. The molecule has 2 atom stereocenters. The van der Waals surface area contributed by atoms with Crippen LogP contribution in [0.4, 0.5) is 4.79 Å². The summed E-state index contributed by atoms with van der Waals surface area (Å²) in [4.78, 5) is 42.3. The summed E-state index contributed by atoms with van der Waals surface area (Å²) in [7, 11) is 0. The van der Waals surface area contributed by atoms with Gasteiger partial charge in [-0.25, -0.2) is 4.79 Å². The average Bonchev–Trinajstić information content (AvgIpc) is 2.88. The van der Waals surface area contributed by atoms with Crippen molar-refractivity contribution in [2.75, 3.05) is 6.54 Å². The highest BCUT2D eigenvalue weighted by molar-refractivity contribution is 5.92. The van der Waals surface area contributed by atoms with Crippen molar-refractivity contribution in [3.63, 3.8) is 0 Å². The number of benzene rings is 2. The lowest BCUT2D eigenvalue weighted by Crippen LogP contribution is -2.53. The van der Waals surface area contributed by atoms with Gasteiger partial charge in [-0.2, -0.15) is 0 Å². The third-order valence-electron chi connectivity index (χ3n) is 6.06. The maximum Gasteiger partial charge on any atom is 0.408 e. The van der Waals surface area contributed by atoms with Gasteiger partial charge in [-0.3, -0.25) is 9.59 Å². The van der Waals surface area contributed by atoms with Crippen LogP contribution < -0.4 is 10.6 Å². The SMILES string of the molecule is C=Cc1cccc(C(C(=O)NCc2ccccc2)N(CCCC)C(=O)C(CC(C)C)NC(=O)OC(C)(C)C)c1. The Labute approximate surface area is 234 Å². The Hall–Kier alpha value is -3.61. The normalized spacial score (nSPS) is 12.8. The maximum atomic E-state index is 14.2. The molecule has 0 fully saturated rings. The van der Waals surface area contributed by atoms with Crippen LogP contribution in [0.5, 0.6) is 0 Å². The van der Waals surface area contributed by atoms with Gasteiger partial charge in [0.1, 0.15) is 17.7 Å². The number of carbonyl (C=O) groups excluding carboxylic acids is 3. The lowest BCUT2D eigenvalue weighted by atomic mass is 9.97. The first-order chi connectivity index (χ1) is 18.4. The fourth-order valence-corrected chi connectivity index (χ4v) is 4.25. The summed E-state index contributed by atoms with van der Waals surface area (Å²) in [5.41, 5.74) is 1.78. The van der Waals surface area contributed by atoms with Crippen LogP contribution in [0, 0.1) is 5.92 Å². The molecule has 0 aromatic heterocycles. The van der Waals surface area contributed by atoms with E-state index >= 15 is 0 Å². The molecule has 0 spiro atoms. The molecule has 7 nitrogen and oxygen atoms in total. The highest BCUT2D eigenvalue weighted by Crippen LogP contribution is 2.26. The number of unbranched alkanes of at least 4 members (excludes halogenated alkanes) is 1. The van der Waals surface area contributed by atoms with E-state index in [1.165, 1.54) is 0 Å². The number of rotatable bonds is 13. The first-order valence-electron chi connectivity index (χ1n) is 13.8. The van der Waals surface area contributed by atoms with Crippen LogP contribution in [-0.4, -0.2) is 41.0 Å². The summed E-state index contributed by atoms with van der Waals surface area (Å²) in [6, 6.07) is 15.4. The summed E-state index contributed by atoms with van der Waals surface area (Å²) in [5, 5.41) is 5.81. The molecule has 2 aromatic rings. The number of ether oxygens (including phenoxy) is 1. The number of amides is 3. The molecule has 0 radical (unpaired) electrons. The number of nitrogens with one attached hydrogen (secondary N) is 2. The molecule has 0 aliphatic carbocycles. The zero-order valence-electron chi connectivity index (χ0n) is 24.3. The highest BCUT2D eigenvalue weighted by Gasteiger charge is 2.36. The van der Waals surface area contributed by atoms with E-state index in [-0.39, 0.29) is 17.7 Å². The smallest absolute Gasteiger partial charge is 0.408 e. The molecule has 0 heterocycles. The van der Waals surface area contributed by atoms with E-state index in [0.717, 1.165) is 17.5 Å². The van der Waals surface area contributed by atoms with E-state index in [9.17, 15) is 14.4 Å². The Morgan fingerprint density at radius 1 is 1.05 bits per heavy atom. The van der Waals surface area contributed by atoms with Crippen LogP contribution in [0.25, 0.3) is 6.08 Å². The number of hydrogen-bond donors (Lipinski definition) is 2. The molecule has 0 bridgehead atoms. The largest absolute Gasteiger partial charge is 0.444 e. The Morgan fingerprint density at radius 3 is 2.33 bits per heavy atom. The number of nitrogens with zero attached hydrogens (tertiary/aromatic N) is 1. The first-order valence-corrected chi connectivity index (χ1v) is 13.8. The molecule has 2 aromatic carbocycles. The zero-order valence-corrected chi connectivity index (χ0v) is 24.3. The standard InChI is InChI=1S/C32H45N3O4/c1-8-10-19-35(30(37)27(20-23(3)4)34-31(38)39-32(5,6)7)28(26-18-14-17-24(9-2)21-26)29(36)33-22-25-15-12-11-13-16-25/h9,11-18,21,23,27-28H,2,8,10,19-20,22H2,1,3-7H3,(H,33,36)(H,34,38). The van der Waals surface area contributed by atoms with Crippen LogP contribution in [0.2, 0.25) is 0 Å². The molecule has 0 aliphatic heterocycles. The second-order valence-corrected chi connectivity index (χ2v) is 11.2. The van der Waals surface area contributed by atoms with Crippen LogP contribution in [0.1, 0.15) is 83.5 Å². The summed E-state index contributed by atoms with van der Waals surface area (Å²) in [6.07, 6.45) is 3.01. The van der Waals surface area contributed by atoms with Gasteiger partial charge in [-0.15, -0.1) is 0 Å². The predicted molar refractivity (Wildman–Crippen MR) is 157 cm³/mol. The van der Waals surface area contributed by atoms with E-state index in [1.807, 2.05) is 75.4 Å². The summed E-state index contributed by atoms with van der Waals surface area (Å²) in [6.45, 7) is 15.9. The molecule has 3 amide bonds. The molecule has 2 rings (SSSR count). The second-order valence-electron chi connectivity index (χ2n) is 11.2. The molecule has 2 unspecified atom stereocenters. The van der Waals surface area contributed by atoms with Crippen molar-refractivity contribution >= 4 is 24.0 Å². The van der Waals surface area contributed by atoms with Crippen LogP contribution in [-0.2, 0) is 20.9 Å². The van der Waals surface area contributed by atoms with Gasteiger partial charge in [0, 0.05) is 13.1 Å². The molecular weight excluding hydrogens is 490 g/mol. The van der Waals surface area contributed by atoms with Crippen molar-refractivity contribution in [3.8, 4) is 0 Å². The zero-order chi connectivity index (χ0) is 29.0.